The van der Waals surface area contributed by atoms with E-state index >= 15 is 0 Å². The maximum Gasteiger partial charge on any atom is 0.291 e. The van der Waals surface area contributed by atoms with Crippen molar-refractivity contribution in [1.29, 1.82) is 0 Å². The summed E-state index contributed by atoms with van der Waals surface area (Å²) in [5.41, 5.74) is 3.43. The Kier molecular flexibility index (Phi) is 4.24. The number of para-hydroxylation sites is 1. The molecule has 1 amide bonds. The molecule has 0 aliphatic carbocycles. The minimum atomic E-state index is -0.267. The minimum Gasteiger partial charge on any atom is -0.350 e. The molecule has 0 aliphatic rings. The lowest BCUT2D eigenvalue weighted by atomic mass is 10.1. The summed E-state index contributed by atoms with van der Waals surface area (Å²) in [5, 5.41) is 8.83. The van der Waals surface area contributed by atoms with Gasteiger partial charge in [-0.05, 0) is 18.6 Å². The quantitative estimate of drug-likeness (QED) is 0.608. The highest BCUT2D eigenvalue weighted by molar-refractivity contribution is 6.07. The number of rotatable bonds is 4. The summed E-state index contributed by atoms with van der Waals surface area (Å²) < 4.78 is 3.07. The SMILES string of the molecule is Cc1ccc(CNC(=O)Cn2ncc3c4ccccc4n(C)c3c2=O)cc1. The molecule has 4 rings (SSSR count). The lowest BCUT2D eigenvalue weighted by molar-refractivity contribution is -0.122. The number of nitrogens with one attached hydrogen (secondary N) is 1. The van der Waals surface area contributed by atoms with Gasteiger partial charge in [0.1, 0.15) is 12.1 Å². The summed E-state index contributed by atoms with van der Waals surface area (Å²) in [6, 6.07) is 15.8. The molecule has 0 saturated carbocycles. The first-order valence-corrected chi connectivity index (χ1v) is 8.80. The molecule has 0 radical (unpaired) electrons. The van der Waals surface area contributed by atoms with Gasteiger partial charge in [0, 0.05) is 29.9 Å². The molecular weight excluding hydrogens is 340 g/mol. The van der Waals surface area contributed by atoms with E-state index in [0.717, 1.165) is 21.9 Å². The number of carbonyl (C=O) groups excluding carboxylic acids is 1. The summed E-state index contributed by atoms with van der Waals surface area (Å²) in [7, 11) is 1.86. The van der Waals surface area contributed by atoms with E-state index in [0.29, 0.717) is 12.1 Å². The fraction of sp³-hybridized carbons (Fsp3) is 0.190. The van der Waals surface area contributed by atoms with Gasteiger partial charge in [-0.15, -0.1) is 0 Å². The van der Waals surface area contributed by atoms with Crippen LogP contribution in [0.25, 0.3) is 21.8 Å². The largest absolute Gasteiger partial charge is 0.350 e. The second kappa shape index (κ2) is 6.72. The average Bonchev–Trinajstić information content (AvgIpc) is 2.97. The van der Waals surface area contributed by atoms with Crippen molar-refractivity contribution in [2.75, 3.05) is 0 Å². The first-order chi connectivity index (χ1) is 13.0. The third kappa shape index (κ3) is 3.10. The highest BCUT2D eigenvalue weighted by Gasteiger charge is 2.14. The van der Waals surface area contributed by atoms with Gasteiger partial charge in [0.15, 0.2) is 0 Å². The van der Waals surface area contributed by atoms with Crippen LogP contribution in [0.3, 0.4) is 0 Å². The Balaban J connectivity index is 1.58. The number of aromatic nitrogens is 3. The molecule has 0 fully saturated rings. The summed E-state index contributed by atoms with van der Waals surface area (Å²) in [4.78, 5) is 25.1. The number of aryl methyl sites for hydroxylation is 2. The van der Waals surface area contributed by atoms with Crippen LogP contribution in [0, 0.1) is 6.92 Å². The minimum absolute atomic E-state index is 0.109. The van der Waals surface area contributed by atoms with Gasteiger partial charge < -0.3 is 9.88 Å². The first-order valence-electron chi connectivity index (χ1n) is 8.80. The predicted molar refractivity (Wildman–Crippen MR) is 106 cm³/mol. The van der Waals surface area contributed by atoms with Crippen LogP contribution in [0.2, 0.25) is 0 Å². The van der Waals surface area contributed by atoms with Gasteiger partial charge in [-0.1, -0.05) is 48.0 Å². The van der Waals surface area contributed by atoms with Gasteiger partial charge >= 0.3 is 0 Å². The number of benzene rings is 2. The van der Waals surface area contributed by atoms with Crippen molar-refractivity contribution >= 4 is 27.7 Å². The fourth-order valence-corrected chi connectivity index (χ4v) is 3.33. The van der Waals surface area contributed by atoms with E-state index in [1.165, 1.54) is 10.2 Å². The monoisotopic (exact) mass is 360 g/mol. The number of nitrogens with zero attached hydrogens (tertiary/aromatic N) is 3. The molecule has 0 spiro atoms. The topological polar surface area (TPSA) is 68.9 Å². The van der Waals surface area contributed by atoms with Gasteiger partial charge in [-0.25, -0.2) is 4.68 Å². The molecule has 136 valence electrons. The van der Waals surface area contributed by atoms with Gasteiger partial charge in [0.25, 0.3) is 5.56 Å². The maximum atomic E-state index is 12.9. The predicted octanol–water partition coefficient (Wildman–Crippen LogP) is 2.51. The molecule has 2 heterocycles. The molecule has 0 unspecified atom stereocenters. The second-order valence-corrected chi connectivity index (χ2v) is 6.71. The van der Waals surface area contributed by atoms with E-state index in [9.17, 15) is 9.59 Å². The van der Waals surface area contributed by atoms with Crippen LogP contribution in [0.5, 0.6) is 0 Å². The third-order valence-electron chi connectivity index (χ3n) is 4.81. The number of amides is 1. The van der Waals surface area contributed by atoms with Gasteiger partial charge in [0.05, 0.1) is 6.20 Å². The smallest absolute Gasteiger partial charge is 0.291 e. The van der Waals surface area contributed by atoms with Crippen LogP contribution >= 0.6 is 0 Å². The molecule has 0 bridgehead atoms. The molecule has 2 aromatic heterocycles. The zero-order valence-corrected chi connectivity index (χ0v) is 15.3. The normalized spacial score (nSPS) is 11.2. The van der Waals surface area contributed by atoms with Crippen LogP contribution in [0.4, 0.5) is 0 Å². The van der Waals surface area contributed by atoms with E-state index in [2.05, 4.69) is 10.4 Å². The average molecular weight is 360 g/mol. The molecule has 0 atom stereocenters. The Morgan fingerprint density at radius 1 is 1.07 bits per heavy atom. The zero-order valence-electron chi connectivity index (χ0n) is 15.3. The number of carbonyl (C=O) groups is 1. The molecular formula is C21H20N4O2. The molecule has 4 aromatic rings. The van der Waals surface area contributed by atoms with Crippen LogP contribution in [0.1, 0.15) is 11.1 Å². The number of hydrogen-bond acceptors (Lipinski definition) is 3. The maximum absolute atomic E-state index is 12.9. The van der Waals surface area contributed by atoms with Crippen molar-refractivity contribution in [3.63, 3.8) is 0 Å². The van der Waals surface area contributed by atoms with E-state index in [-0.39, 0.29) is 18.0 Å². The number of fused-ring (bicyclic) bond motifs is 3. The molecule has 6 nitrogen and oxygen atoms in total. The highest BCUT2D eigenvalue weighted by atomic mass is 16.2. The highest BCUT2D eigenvalue weighted by Crippen LogP contribution is 2.24. The molecule has 0 aliphatic heterocycles. The van der Waals surface area contributed by atoms with Crippen LogP contribution in [0.15, 0.2) is 59.5 Å². The Labute approximate surface area is 156 Å². The molecule has 1 N–H and O–H groups in total. The summed E-state index contributed by atoms with van der Waals surface area (Å²) in [6.45, 7) is 2.33. The van der Waals surface area contributed by atoms with Crippen molar-refractivity contribution in [2.24, 2.45) is 7.05 Å². The van der Waals surface area contributed by atoms with Crippen molar-refractivity contribution in [3.8, 4) is 0 Å². The summed E-state index contributed by atoms with van der Waals surface area (Å²) in [5.74, 6) is -0.247. The molecule has 6 heteroatoms. The lowest BCUT2D eigenvalue weighted by Gasteiger charge is -2.07. The summed E-state index contributed by atoms with van der Waals surface area (Å²) in [6.07, 6.45) is 1.66. The Morgan fingerprint density at radius 3 is 2.59 bits per heavy atom. The van der Waals surface area contributed by atoms with Crippen molar-refractivity contribution < 1.29 is 4.79 Å². The fourth-order valence-electron chi connectivity index (χ4n) is 3.33. The van der Waals surface area contributed by atoms with E-state index in [4.69, 9.17) is 0 Å². The summed E-state index contributed by atoms with van der Waals surface area (Å²) >= 11 is 0. The standard InChI is InChI=1S/C21H20N4O2/c1-14-7-9-15(10-8-14)11-22-19(26)13-25-21(27)20-17(12-23-25)16-5-3-4-6-18(16)24(20)2/h3-10,12H,11,13H2,1-2H3,(H,22,26). The first kappa shape index (κ1) is 17.0. The second-order valence-electron chi connectivity index (χ2n) is 6.71. The van der Waals surface area contributed by atoms with Crippen LogP contribution in [-0.4, -0.2) is 20.3 Å². The van der Waals surface area contributed by atoms with Crippen molar-refractivity contribution in [1.82, 2.24) is 19.7 Å². The number of hydrogen-bond donors (Lipinski definition) is 1. The molecule has 0 saturated heterocycles. The van der Waals surface area contributed by atoms with Gasteiger partial charge in [0.2, 0.25) is 5.91 Å². The van der Waals surface area contributed by atoms with Gasteiger partial charge in [-0.2, -0.15) is 5.10 Å². The van der Waals surface area contributed by atoms with Crippen LogP contribution < -0.4 is 10.9 Å². The third-order valence-corrected chi connectivity index (χ3v) is 4.81. The van der Waals surface area contributed by atoms with Crippen molar-refractivity contribution in [3.05, 3.63) is 76.2 Å². The van der Waals surface area contributed by atoms with E-state index in [1.807, 2.05) is 67.1 Å². The van der Waals surface area contributed by atoms with Crippen molar-refractivity contribution in [2.45, 2.75) is 20.0 Å². The Hall–Kier alpha value is -3.41. The van der Waals surface area contributed by atoms with Crippen LogP contribution in [-0.2, 0) is 24.9 Å². The lowest BCUT2D eigenvalue weighted by Crippen LogP contribution is -2.33. The van der Waals surface area contributed by atoms with E-state index < -0.39 is 0 Å². The Morgan fingerprint density at radius 2 is 1.81 bits per heavy atom. The van der Waals surface area contributed by atoms with E-state index in [1.54, 1.807) is 6.20 Å². The molecule has 27 heavy (non-hydrogen) atoms. The molecule has 2 aromatic carbocycles. The zero-order chi connectivity index (χ0) is 19.0. The van der Waals surface area contributed by atoms with Gasteiger partial charge in [-0.3, -0.25) is 9.59 Å². The Bertz CT molecular complexity index is 1200.